The van der Waals surface area contributed by atoms with E-state index in [0.29, 0.717) is 0 Å². The highest BCUT2D eigenvalue weighted by atomic mass is 14.9. The summed E-state index contributed by atoms with van der Waals surface area (Å²) in [5.74, 6) is 0. The molecule has 0 spiro atoms. The summed E-state index contributed by atoms with van der Waals surface area (Å²) in [6.45, 7) is 10.6. The van der Waals surface area contributed by atoms with Crippen LogP contribution in [0.1, 0.15) is 94.7 Å². The van der Waals surface area contributed by atoms with Crippen molar-refractivity contribution in [3.05, 3.63) is 34.9 Å². The van der Waals surface area contributed by atoms with Crippen LogP contribution in [0, 0.1) is 0 Å². The first-order valence-electron chi connectivity index (χ1n) is 14.8. The van der Waals surface area contributed by atoms with Crippen LogP contribution in [0.3, 0.4) is 0 Å². The highest BCUT2D eigenvalue weighted by Crippen LogP contribution is 2.14. The van der Waals surface area contributed by atoms with Gasteiger partial charge in [0.05, 0.1) is 0 Å². The van der Waals surface area contributed by atoms with Crippen LogP contribution in [0.2, 0.25) is 0 Å². The van der Waals surface area contributed by atoms with Gasteiger partial charge in [-0.3, -0.25) is 0 Å². The molecule has 0 unspecified atom stereocenters. The van der Waals surface area contributed by atoms with Gasteiger partial charge in [-0.25, -0.2) is 0 Å². The number of rotatable bonds is 27. The van der Waals surface area contributed by atoms with Crippen LogP contribution < -0.4 is 38.5 Å². The third-order valence-electron chi connectivity index (χ3n) is 6.47. The minimum absolute atomic E-state index is 0. The van der Waals surface area contributed by atoms with Crippen LogP contribution in [0.15, 0.2) is 18.2 Å². The molecule has 0 aliphatic carbocycles. The zero-order valence-corrected chi connectivity index (χ0v) is 23.2. The Morgan fingerprint density at radius 1 is 0.405 bits per heavy atom. The molecule has 1 aromatic carbocycles. The van der Waals surface area contributed by atoms with Gasteiger partial charge in [-0.1, -0.05) is 51.3 Å². The molecule has 0 aliphatic rings. The number of aryl methyl sites for hydroxylation is 1. The fourth-order valence-corrected chi connectivity index (χ4v) is 4.38. The first kappa shape index (κ1) is 35.9. The lowest BCUT2D eigenvalue weighted by Gasteiger charge is -2.12. The van der Waals surface area contributed by atoms with Crippen LogP contribution in [0.25, 0.3) is 0 Å². The molecule has 10 N–H and O–H groups in total. The smallest absolute Gasteiger partial charge is 0.0205 e. The second-order valence-electron chi connectivity index (χ2n) is 10.0. The monoisotopic (exact) mass is 522 g/mol. The van der Waals surface area contributed by atoms with Crippen molar-refractivity contribution in [3.63, 3.8) is 0 Å². The quantitative estimate of drug-likeness (QED) is 0.0885. The molecule has 0 amide bonds. The zero-order valence-electron chi connectivity index (χ0n) is 23.2. The molecule has 0 saturated carbocycles. The van der Waals surface area contributed by atoms with Crippen molar-refractivity contribution < 1.29 is 0 Å². The summed E-state index contributed by atoms with van der Waals surface area (Å²) in [5, 5.41) is 14.2. The van der Waals surface area contributed by atoms with E-state index < -0.39 is 0 Å². The molecule has 1 aromatic rings. The summed E-state index contributed by atoms with van der Waals surface area (Å²) in [7, 11) is 0. The maximum absolute atomic E-state index is 5.58. The van der Waals surface area contributed by atoms with E-state index in [-0.39, 0.29) is 7.43 Å². The Bertz CT molecular complexity index is 504. The van der Waals surface area contributed by atoms with E-state index in [1.807, 2.05) is 0 Å². The van der Waals surface area contributed by atoms with Crippen LogP contribution in [-0.2, 0) is 19.5 Å². The summed E-state index contributed by atoms with van der Waals surface area (Å²) < 4.78 is 0. The van der Waals surface area contributed by atoms with Gasteiger partial charge < -0.3 is 38.5 Å². The number of unbranched alkanes of at least 4 members (excludes halogenated alkanes) is 6. The van der Waals surface area contributed by atoms with Crippen molar-refractivity contribution in [1.82, 2.24) is 21.3 Å². The SMILES string of the molecule is C.NCCCCCCCNCc1cc(CCCCCNCCCN)cc(CNCCCNCCCN)c1. The van der Waals surface area contributed by atoms with E-state index in [2.05, 4.69) is 39.5 Å². The Labute approximate surface area is 229 Å². The van der Waals surface area contributed by atoms with E-state index >= 15 is 0 Å². The summed E-state index contributed by atoms with van der Waals surface area (Å²) >= 11 is 0. The molecule has 7 nitrogen and oxygen atoms in total. The van der Waals surface area contributed by atoms with Crippen molar-refractivity contribution in [2.24, 2.45) is 17.2 Å². The van der Waals surface area contributed by atoms with Gasteiger partial charge in [0.2, 0.25) is 0 Å². The van der Waals surface area contributed by atoms with Gasteiger partial charge in [-0.2, -0.15) is 0 Å². The second-order valence-corrected chi connectivity index (χ2v) is 10.0. The summed E-state index contributed by atoms with van der Waals surface area (Å²) in [4.78, 5) is 0. The molecule has 0 heterocycles. The number of hydrogen-bond donors (Lipinski definition) is 7. The Morgan fingerprint density at radius 3 is 1.41 bits per heavy atom. The lowest BCUT2D eigenvalue weighted by atomic mass is 10.0. The van der Waals surface area contributed by atoms with Crippen LogP contribution in [0.5, 0.6) is 0 Å². The Balaban J connectivity index is 0.0000130. The highest BCUT2D eigenvalue weighted by molar-refractivity contribution is 5.30. The largest absolute Gasteiger partial charge is 0.330 e. The lowest BCUT2D eigenvalue weighted by molar-refractivity contribution is 0.575. The topological polar surface area (TPSA) is 126 Å². The van der Waals surface area contributed by atoms with Crippen molar-refractivity contribution in [1.29, 1.82) is 0 Å². The summed E-state index contributed by atoms with van der Waals surface area (Å²) in [6, 6.07) is 7.21. The van der Waals surface area contributed by atoms with Gasteiger partial charge in [0.15, 0.2) is 0 Å². The molecule has 1 rings (SSSR count). The van der Waals surface area contributed by atoms with E-state index in [4.69, 9.17) is 17.2 Å². The molecule has 0 atom stereocenters. The first-order chi connectivity index (χ1) is 17.8. The predicted octanol–water partition coefficient (Wildman–Crippen LogP) is 3.39. The van der Waals surface area contributed by atoms with Crippen molar-refractivity contribution in [2.75, 3.05) is 58.9 Å². The molecular weight excluding hydrogens is 458 g/mol. The molecule has 0 saturated heterocycles. The van der Waals surface area contributed by atoms with E-state index in [1.165, 1.54) is 61.6 Å². The molecule has 0 aromatic heterocycles. The average molecular weight is 522 g/mol. The van der Waals surface area contributed by atoms with Gasteiger partial charge in [0.1, 0.15) is 0 Å². The summed E-state index contributed by atoms with van der Waals surface area (Å²) in [5.41, 5.74) is 21.0. The Morgan fingerprint density at radius 2 is 0.811 bits per heavy atom. The molecule has 0 bridgehead atoms. The minimum atomic E-state index is 0. The normalized spacial score (nSPS) is 11.1. The van der Waals surface area contributed by atoms with Crippen molar-refractivity contribution >= 4 is 0 Å². The van der Waals surface area contributed by atoms with Crippen LogP contribution in [-0.4, -0.2) is 58.9 Å². The number of nitrogens with one attached hydrogen (secondary N) is 4. The molecule has 218 valence electrons. The van der Waals surface area contributed by atoms with Crippen LogP contribution >= 0.6 is 0 Å². The van der Waals surface area contributed by atoms with E-state index in [9.17, 15) is 0 Å². The molecule has 7 heteroatoms. The number of benzene rings is 1. The molecule has 0 fully saturated rings. The fourth-order valence-electron chi connectivity index (χ4n) is 4.38. The molecule has 0 aliphatic heterocycles. The fraction of sp³-hybridized carbons (Fsp3) is 0.800. The van der Waals surface area contributed by atoms with Gasteiger partial charge >= 0.3 is 0 Å². The standard InChI is InChI=1S/C29H59N7.CH4/c30-13-6-2-1-3-7-17-35-25-28-22-27(12-5-4-8-16-33-18-9-14-31)23-29(24-28)26-36-21-11-20-34-19-10-15-32;/h22-24,33-36H,1-21,25-26,30-32H2;1H4. The molecule has 0 radical (unpaired) electrons. The lowest BCUT2D eigenvalue weighted by Crippen LogP contribution is -2.23. The number of nitrogens with two attached hydrogens (primary N) is 3. The maximum Gasteiger partial charge on any atom is 0.0205 e. The van der Waals surface area contributed by atoms with Gasteiger partial charge in [0.25, 0.3) is 0 Å². The third kappa shape index (κ3) is 22.6. The van der Waals surface area contributed by atoms with Crippen molar-refractivity contribution in [2.45, 2.75) is 97.6 Å². The van der Waals surface area contributed by atoms with Gasteiger partial charge in [0, 0.05) is 13.1 Å². The number of hydrogen-bond acceptors (Lipinski definition) is 7. The molecular formula is C30H63N7. The predicted molar refractivity (Wildman–Crippen MR) is 164 cm³/mol. The van der Waals surface area contributed by atoms with Gasteiger partial charge in [-0.05, 0) is 127 Å². The van der Waals surface area contributed by atoms with Crippen molar-refractivity contribution in [3.8, 4) is 0 Å². The van der Waals surface area contributed by atoms with E-state index in [1.54, 1.807) is 0 Å². The average Bonchev–Trinajstić information content (AvgIpc) is 2.89. The van der Waals surface area contributed by atoms with E-state index in [0.717, 1.165) is 104 Å². The Hall–Kier alpha value is -1.06. The second kappa shape index (κ2) is 28.0. The Kier molecular flexibility index (Phi) is 27.2. The van der Waals surface area contributed by atoms with Crippen LogP contribution in [0.4, 0.5) is 0 Å². The molecule has 37 heavy (non-hydrogen) atoms. The minimum Gasteiger partial charge on any atom is -0.330 e. The van der Waals surface area contributed by atoms with Gasteiger partial charge in [-0.15, -0.1) is 0 Å². The first-order valence-corrected chi connectivity index (χ1v) is 14.8. The third-order valence-corrected chi connectivity index (χ3v) is 6.47. The summed E-state index contributed by atoms with van der Waals surface area (Å²) in [6.07, 6.45) is 14.5. The zero-order chi connectivity index (χ0) is 25.9. The maximum atomic E-state index is 5.58. The highest BCUT2D eigenvalue weighted by Gasteiger charge is 2.03.